The van der Waals surface area contributed by atoms with E-state index >= 15 is 0 Å². The number of hydrogen-bond donors (Lipinski definition) is 1. The highest BCUT2D eigenvalue weighted by Crippen LogP contribution is 2.44. The maximum absolute atomic E-state index is 12.3. The Labute approximate surface area is 127 Å². The van der Waals surface area contributed by atoms with E-state index in [1.807, 2.05) is 0 Å². The highest BCUT2D eigenvalue weighted by Gasteiger charge is 2.35. The van der Waals surface area contributed by atoms with Crippen LogP contribution >= 0.6 is 0 Å². The van der Waals surface area contributed by atoms with Gasteiger partial charge in [0.25, 0.3) is 0 Å². The molecule has 0 aromatic rings. The SMILES string of the molecule is CCNC(CCCC(F)(F)F)C1CCC2CCCCC2C1. The van der Waals surface area contributed by atoms with Crippen molar-refractivity contribution in [3.8, 4) is 0 Å². The fourth-order valence-corrected chi connectivity index (χ4v) is 4.56. The normalized spacial score (nSPS) is 31.7. The Morgan fingerprint density at radius 1 is 1.05 bits per heavy atom. The second-order valence-corrected chi connectivity index (χ2v) is 7.05. The first-order valence-corrected chi connectivity index (χ1v) is 8.79. The second-order valence-electron chi connectivity index (χ2n) is 7.05. The molecule has 0 radical (unpaired) electrons. The van der Waals surface area contributed by atoms with E-state index in [9.17, 15) is 13.2 Å². The zero-order chi connectivity index (χ0) is 15.3. The number of halogens is 3. The van der Waals surface area contributed by atoms with Crippen molar-refractivity contribution in [1.82, 2.24) is 5.32 Å². The molecule has 0 aromatic heterocycles. The van der Waals surface area contributed by atoms with Crippen LogP contribution in [0.5, 0.6) is 0 Å². The summed E-state index contributed by atoms with van der Waals surface area (Å²) in [6.07, 6.45) is 5.55. The summed E-state index contributed by atoms with van der Waals surface area (Å²) >= 11 is 0. The quantitative estimate of drug-likeness (QED) is 0.702. The summed E-state index contributed by atoms with van der Waals surface area (Å²) in [4.78, 5) is 0. The molecule has 4 unspecified atom stereocenters. The topological polar surface area (TPSA) is 12.0 Å². The molecule has 1 nitrogen and oxygen atoms in total. The molecule has 4 heteroatoms. The van der Waals surface area contributed by atoms with Gasteiger partial charge in [0.1, 0.15) is 0 Å². The van der Waals surface area contributed by atoms with Gasteiger partial charge in [-0.25, -0.2) is 0 Å². The largest absolute Gasteiger partial charge is 0.389 e. The fourth-order valence-electron chi connectivity index (χ4n) is 4.56. The molecular weight excluding hydrogens is 275 g/mol. The van der Waals surface area contributed by atoms with E-state index in [2.05, 4.69) is 12.2 Å². The first-order chi connectivity index (χ1) is 9.99. The monoisotopic (exact) mass is 305 g/mol. The Bertz CT molecular complexity index is 303. The molecule has 0 aromatic carbocycles. The molecule has 2 fully saturated rings. The minimum absolute atomic E-state index is 0.270. The molecule has 2 saturated carbocycles. The van der Waals surface area contributed by atoms with E-state index in [1.165, 1.54) is 44.9 Å². The van der Waals surface area contributed by atoms with Gasteiger partial charge in [0.15, 0.2) is 0 Å². The predicted octanol–water partition coefficient (Wildman–Crippen LogP) is 5.30. The van der Waals surface area contributed by atoms with Crippen molar-refractivity contribution in [2.75, 3.05) is 6.54 Å². The zero-order valence-electron chi connectivity index (χ0n) is 13.2. The lowest BCUT2D eigenvalue weighted by Crippen LogP contribution is -2.41. The van der Waals surface area contributed by atoms with Gasteiger partial charge in [0.2, 0.25) is 0 Å². The van der Waals surface area contributed by atoms with Crippen LogP contribution in [0, 0.1) is 17.8 Å². The lowest BCUT2D eigenvalue weighted by atomic mass is 9.65. The molecule has 21 heavy (non-hydrogen) atoms. The van der Waals surface area contributed by atoms with E-state index in [0.717, 1.165) is 18.4 Å². The average molecular weight is 305 g/mol. The third-order valence-corrected chi connectivity index (χ3v) is 5.59. The summed E-state index contributed by atoms with van der Waals surface area (Å²) < 4.78 is 37.0. The molecule has 4 atom stereocenters. The van der Waals surface area contributed by atoms with Crippen LogP contribution in [0.2, 0.25) is 0 Å². The first-order valence-electron chi connectivity index (χ1n) is 8.79. The molecule has 2 aliphatic carbocycles. The number of rotatable bonds is 6. The van der Waals surface area contributed by atoms with Gasteiger partial charge < -0.3 is 5.32 Å². The minimum atomic E-state index is -4.00. The predicted molar refractivity (Wildman–Crippen MR) is 80.2 cm³/mol. The molecule has 2 rings (SSSR count). The van der Waals surface area contributed by atoms with Gasteiger partial charge in [-0.05, 0) is 56.4 Å². The van der Waals surface area contributed by atoms with Crippen molar-refractivity contribution >= 4 is 0 Å². The number of alkyl halides is 3. The summed E-state index contributed by atoms with van der Waals surface area (Å²) in [6, 6.07) is 0.292. The standard InChI is InChI=1S/C17H30F3N/c1-2-21-16(8-5-11-17(18,19)20)15-10-9-13-6-3-4-7-14(13)12-15/h13-16,21H,2-12H2,1H3. The van der Waals surface area contributed by atoms with Crippen molar-refractivity contribution in [2.24, 2.45) is 17.8 Å². The van der Waals surface area contributed by atoms with E-state index in [0.29, 0.717) is 18.4 Å². The number of nitrogens with one attached hydrogen (secondary N) is 1. The summed E-state index contributed by atoms with van der Waals surface area (Å²) in [7, 11) is 0. The van der Waals surface area contributed by atoms with Crippen molar-refractivity contribution in [3.05, 3.63) is 0 Å². The Hall–Kier alpha value is -0.250. The molecule has 0 aliphatic heterocycles. The van der Waals surface area contributed by atoms with Crippen molar-refractivity contribution < 1.29 is 13.2 Å². The highest BCUT2D eigenvalue weighted by molar-refractivity contribution is 4.88. The third-order valence-electron chi connectivity index (χ3n) is 5.59. The van der Waals surface area contributed by atoms with Crippen LogP contribution in [-0.2, 0) is 0 Å². The van der Waals surface area contributed by atoms with Crippen LogP contribution in [-0.4, -0.2) is 18.8 Å². The number of hydrogen-bond acceptors (Lipinski definition) is 1. The third kappa shape index (κ3) is 5.46. The van der Waals surface area contributed by atoms with Crippen LogP contribution in [0.25, 0.3) is 0 Å². The van der Waals surface area contributed by atoms with Gasteiger partial charge in [0, 0.05) is 12.5 Å². The second kappa shape index (κ2) is 7.85. The van der Waals surface area contributed by atoms with Gasteiger partial charge in [-0.15, -0.1) is 0 Å². The summed E-state index contributed by atoms with van der Waals surface area (Å²) in [5, 5.41) is 3.47. The Balaban J connectivity index is 1.82. The van der Waals surface area contributed by atoms with Gasteiger partial charge in [0.05, 0.1) is 0 Å². The molecule has 124 valence electrons. The van der Waals surface area contributed by atoms with Gasteiger partial charge in [-0.3, -0.25) is 0 Å². The van der Waals surface area contributed by atoms with Crippen molar-refractivity contribution in [1.29, 1.82) is 0 Å². The van der Waals surface area contributed by atoms with Crippen molar-refractivity contribution in [2.45, 2.75) is 83.4 Å². The number of fused-ring (bicyclic) bond motifs is 1. The van der Waals surface area contributed by atoms with Crippen LogP contribution in [0.4, 0.5) is 13.2 Å². The highest BCUT2D eigenvalue weighted by atomic mass is 19.4. The van der Waals surface area contributed by atoms with Crippen LogP contribution < -0.4 is 5.32 Å². The smallest absolute Gasteiger partial charge is 0.314 e. The minimum Gasteiger partial charge on any atom is -0.314 e. The first kappa shape index (κ1) is 17.1. The summed E-state index contributed by atoms with van der Waals surface area (Å²) in [6.45, 7) is 2.92. The maximum Gasteiger partial charge on any atom is 0.389 e. The summed E-state index contributed by atoms with van der Waals surface area (Å²) in [5.74, 6) is 2.35. The zero-order valence-corrected chi connectivity index (χ0v) is 13.2. The molecule has 0 saturated heterocycles. The van der Waals surface area contributed by atoms with E-state index < -0.39 is 12.6 Å². The molecule has 0 amide bonds. The molecule has 1 N–H and O–H groups in total. The van der Waals surface area contributed by atoms with Crippen molar-refractivity contribution in [3.63, 3.8) is 0 Å². The maximum atomic E-state index is 12.3. The average Bonchev–Trinajstić information content (AvgIpc) is 2.44. The van der Waals surface area contributed by atoms with E-state index in [1.54, 1.807) is 0 Å². The van der Waals surface area contributed by atoms with Crippen LogP contribution in [0.15, 0.2) is 0 Å². The molecular formula is C17H30F3N. The van der Waals surface area contributed by atoms with Gasteiger partial charge in [-0.1, -0.05) is 32.6 Å². The van der Waals surface area contributed by atoms with E-state index in [4.69, 9.17) is 0 Å². The lowest BCUT2D eigenvalue weighted by Gasteiger charge is -2.42. The van der Waals surface area contributed by atoms with E-state index in [-0.39, 0.29) is 6.42 Å². The van der Waals surface area contributed by atoms with Crippen LogP contribution in [0.1, 0.15) is 71.1 Å². The van der Waals surface area contributed by atoms with Gasteiger partial charge in [-0.2, -0.15) is 13.2 Å². The molecule has 0 heterocycles. The Morgan fingerprint density at radius 3 is 2.43 bits per heavy atom. The fraction of sp³-hybridized carbons (Fsp3) is 1.00. The molecule has 0 spiro atoms. The summed E-state index contributed by atoms with van der Waals surface area (Å²) in [5.41, 5.74) is 0. The Kier molecular flexibility index (Phi) is 6.39. The molecule has 2 aliphatic rings. The lowest BCUT2D eigenvalue weighted by molar-refractivity contribution is -0.136. The molecule has 0 bridgehead atoms. The van der Waals surface area contributed by atoms with Gasteiger partial charge >= 0.3 is 6.18 Å². The van der Waals surface area contributed by atoms with Crippen LogP contribution in [0.3, 0.4) is 0 Å². The Morgan fingerprint density at radius 2 is 1.76 bits per heavy atom.